The molecule has 0 saturated heterocycles. The first-order chi connectivity index (χ1) is 12.6. The first-order valence-corrected chi connectivity index (χ1v) is 9.98. The number of nitrogens with zero attached hydrogens (tertiary/aromatic N) is 1. The molecule has 1 aliphatic heterocycles. The monoisotopic (exact) mass is 354 g/mol. The maximum absolute atomic E-state index is 12.8. The summed E-state index contributed by atoms with van der Waals surface area (Å²) in [6.45, 7) is 0. The van der Waals surface area contributed by atoms with Gasteiger partial charge in [0, 0.05) is 17.6 Å². The summed E-state index contributed by atoms with van der Waals surface area (Å²) in [5, 5.41) is 2.95. The summed E-state index contributed by atoms with van der Waals surface area (Å²) in [5.74, 6) is -0.286. The van der Waals surface area contributed by atoms with E-state index >= 15 is 0 Å². The number of rotatable bonds is 3. The molecule has 1 aromatic rings. The summed E-state index contributed by atoms with van der Waals surface area (Å²) >= 11 is 0. The average molecular weight is 354 g/mol. The van der Waals surface area contributed by atoms with Gasteiger partial charge in [0.05, 0.1) is 11.1 Å². The number of nitrogens with one attached hydrogen (secondary N) is 1. The van der Waals surface area contributed by atoms with Gasteiger partial charge >= 0.3 is 0 Å². The van der Waals surface area contributed by atoms with Gasteiger partial charge in [-0.3, -0.25) is 19.3 Å². The van der Waals surface area contributed by atoms with Crippen molar-refractivity contribution in [2.75, 3.05) is 5.32 Å². The third-order valence-electron chi connectivity index (χ3n) is 6.10. The molecule has 4 rings (SSSR count). The van der Waals surface area contributed by atoms with Crippen LogP contribution in [0.5, 0.6) is 0 Å². The summed E-state index contributed by atoms with van der Waals surface area (Å²) in [4.78, 5) is 39.5. The molecule has 2 fully saturated rings. The molecule has 5 heteroatoms. The van der Waals surface area contributed by atoms with E-state index in [1.807, 2.05) is 0 Å². The Bertz CT molecular complexity index is 731. The normalized spacial score (nSPS) is 21.8. The molecule has 2 aliphatic carbocycles. The number of imide groups is 1. The van der Waals surface area contributed by atoms with E-state index in [9.17, 15) is 14.4 Å². The van der Waals surface area contributed by atoms with Crippen molar-refractivity contribution in [3.8, 4) is 0 Å². The zero-order chi connectivity index (χ0) is 18.1. The van der Waals surface area contributed by atoms with Gasteiger partial charge in [0.2, 0.25) is 5.91 Å². The molecule has 1 aromatic carbocycles. The Morgan fingerprint density at radius 3 is 2.15 bits per heavy atom. The van der Waals surface area contributed by atoms with Crippen LogP contribution in [0.1, 0.15) is 84.9 Å². The van der Waals surface area contributed by atoms with Gasteiger partial charge in [-0.1, -0.05) is 38.5 Å². The zero-order valence-electron chi connectivity index (χ0n) is 15.1. The Labute approximate surface area is 154 Å². The Hall–Kier alpha value is -2.17. The van der Waals surface area contributed by atoms with Gasteiger partial charge in [0.25, 0.3) is 11.8 Å². The highest BCUT2D eigenvalue weighted by atomic mass is 16.2. The van der Waals surface area contributed by atoms with E-state index in [1.54, 1.807) is 18.2 Å². The van der Waals surface area contributed by atoms with Gasteiger partial charge < -0.3 is 5.32 Å². The van der Waals surface area contributed by atoms with Crippen LogP contribution in [0.2, 0.25) is 0 Å². The highest BCUT2D eigenvalue weighted by molar-refractivity contribution is 6.22. The van der Waals surface area contributed by atoms with E-state index in [1.165, 1.54) is 17.7 Å². The third-order valence-corrected chi connectivity index (χ3v) is 6.10. The molecule has 2 saturated carbocycles. The molecule has 3 amide bonds. The number of carbonyl (C=O) groups is 3. The van der Waals surface area contributed by atoms with Crippen LogP contribution in [0.15, 0.2) is 18.2 Å². The Kier molecular flexibility index (Phi) is 4.79. The molecule has 3 aliphatic rings. The van der Waals surface area contributed by atoms with E-state index < -0.39 is 0 Å². The second-order valence-corrected chi connectivity index (χ2v) is 7.86. The molecular formula is C21H26N2O3. The minimum atomic E-state index is -0.203. The number of carbonyl (C=O) groups excluding carboxylic acids is 3. The zero-order valence-corrected chi connectivity index (χ0v) is 15.1. The quantitative estimate of drug-likeness (QED) is 0.830. The molecule has 0 atom stereocenters. The summed E-state index contributed by atoms with van der Waals surface area (Å²) < 4.78 is 0. The smallest absolute Gasteiger partial charge is 0.261 e. The Morgan fingerprint density at radius 1 is 0.846 bits per heavy atom. The van der Waals surface area contributed by atoms with Gasteiger partial charge in [-0.2, -0.15) is 0 Å². The standard InChI is InChI=1S/C21H26N2O3/c24-19(14-7-3-1-4-8-14)22-15-11-12-17-18(13-15)21(26)23(20(17)25)16-9-5-2-6-10-16/h11-14,16H,1-10H2,(H,22,24). The van der Waals surface area contributed by atoms with Gasteiger partial charge in [-0.25, -0.2) is 0 Å². The second-order valence-electron chi connectivity index (χ2n) is 7.86. The summed E-state index contributed by atoms with van der Waals surface area (Å²) in [5.41, 5.74) is 1.52. The maximum atomic E-state index is 12.8. The lowest BCUT2D eigenvalue weighted by molar-refractivity contribution is -0.120. The molecule has 1 heterocycles. The fourth-order valence-corrected chi connectivity index (χ4v) is 4.62. The number of anilines is 1. The fourth-order valence-electron chi connectivity index (χ4n) is 4.62. The molecule has 1 N–H and O–H groups in total. The van der Waals surface area contributed by atoms with Crippen LogP contribution in [0.3, 0.4) is 0 Å². The lowest BCUT2D eigenvalue weighted by Crippen LogP contribution is -2.40. The van der Waals surface area contributed by atoms with E-state index in [4.69, 9.17) is 0 Å². The van der Waals surface area contributed by atoms with Crippen molar-refractivity contribution < 1.29 is 14.4 Å². The number of amides is 3. The summed E-state index contributed by atoms with van der Waals surface area (Å²) in [7, 11) is 0. The number of hydrogen-bond acceptors (Lipinski definition) is 3. The topological polar surface area (TPSA) is 66.5 Å². The summed E-state index contributed by atoms with van der Waals surface area (Å²) in [6, 6.07) is 5.14. The van der Waals surface area contributed by atoms with Crippen LogP contribution in [-0.2, 0) is 4.79 Å². The van der Waals surface area contributed by atoms with Crippen molar-refractivity contribution in [3.63, 3.8) is 0 Å². The average Bonchev–Trinajstić information content (AvgIpc) is 2.93. The minimum absolute atomic E-state index is 0.0245. The van der Waals surface area contributed by atoms with Gasteiger partial charge in [0.15, 0.2) is 0 Å². The molecule has 0 bridgehead atoms. The Morgan fingerprint density at radius 2 is 1.46 bits per heavy atom. The molecule has 0 unspecified atom stereocenters. The van der Waals surface area contributed by atoms with Crippen LogP contribution in [0, 0.1) is 5.92 Å². The van der Waals surface area contributed by atoms with Crippen molar-refractivity contribution >= 4 is 23.4 Å². The maximum Gasteiger partial charge on any atom is 0.261 e. The Balaban J connectivity index is 1.51. The van der Waals surface area contributed by atoms with Gasteiger partial charge in [-0.05, 0) is 43.9 Å². The lowest BCUT2D eigenvalue weighted by Gasteiger charge is -2.29. The van der Waals surface area contributed by atoms with E-state index in [0.717, 1.165) is 51.4 Å². The SMILES string of the molecule is O=C(Nc1ccc2c(c1)C(=O)N(C1CCCCC1)C2=O)C1CCCCC1. The van der Waals surface area contributed by atoms with Crippen molar-refractivity contribution in [1.82, 2.24) is 4.90 Å². The number of fused-ring (bicyclic) bond motifs is 1. The van der Waals surface area contributed by atoms with Crippen molar-refractivity contribution in [2.24, 2.45) is 5.92 Å². The largest absolute Gasteiger partial charge is 0.326 e. The minimum Gasteiger partial charge on any atom is -0.326 e. The first kappa shape index (κ1) is 17.3. The number of benzene rings is 1. The highest BCUT2D eigenvalue weighted by Crippen LogP contribution is 2.32. The van der Waals surface area contributed by atoms with Crippen LogP contribution in [0.4, 0.5) is 5.69 Å². The fraction of sp³-hybridized carbons (Fsp3) is 0.571. The van der Waals surface area contributed by atoms with Crippen LogP contribution >= 0.6 is 0 Å². The van der Waals surface area contributed by atoms with Crippen molar-refractivity contribution in [1.29, 1.82) is 0 Å². The van der Waals surface area contributed by atoms with Crippen LogP contribution < -0.4 is 5.32 Å². The number of hydrogen-bond donors (Lipinski definition) is 1. The molecular weight excluding hydrogens is 328 g/mol. The molecule has 0 spiro atoms. The van der Waals surface area contributed by atoms with Crippen LogP contribution in [0.25, 0.3) is 0 Å². The van der Waals surface area contributed by atoms with E-state index in [2.05, 4.69) is 5.32 Å². The predicted octanol–water partition coefficient (Wildman–Crippen LogP) is 4.13. The van der Waals surface area contributed by atoms with Gasteiger partial charge in [0.1, 0.15) is 0 Å². The van der Waals surface area contributed by atoms with Crippen molar-refractivity contribution in [3.05, 3.63) is 29.3 Å². The third kappa shape index (κ3) is 3.15. The molecule has 26 heavy (non-hydrogen) atoms. The predicted molar refractivity (Wildman–Crippen MR) is 99.0 cm³/mol. The second kappa shape index (κ2) is 7.22. The molecule has 5 nitrogen and oxygen atoms in total. The highest BCUT2D eigenvalue weighted by Gasteiger charge is 2.40. The van der Waals surface area contributed by atoms with E-state index in [0.29, 0.717) is 16.8 Å². The molecule has 0 aromatic heterocycles. The van der Waals surface area contributed by atoms with E-state index in [-0.39, 0.29) is 29.7 Å². The van der Waals surface area contributed by atoms with Gasteiger partial charge in [-0.15, -0.1) is 0 Å². The molecule has 138 valence electrons. The van der Waals surface area contributed by atoms with Crippen molar-refractivity contribution in [2.45, 2.75) is 70.3 Å². The summed E-state index contributed by atoms with van der Waals surface area (Å²) in [6.07, 6.45) is 10.4. The first-order valence-electron chi connectivity index (χ1n) is 9.98. The lowest BCUT2D eigenvalue weighted by atomic mass is 9.88. The van der Waals surface area contributed by atoms with Crippen LogP contribution in [-0.4, -0.2) is 28.7 Å². The molecule has 0 radical (unpaired) electrons.